The molecule has 0 saturated heterocycles. The van der Waals surface area contributed by atoms with Crippen LogP contribution in [0.25, 0.3) is 10.9 Å². The number of aryl methyl sites for hydroxylation is 1. The van der Waals surface area contributed by atoms with Crippen LogP contribution in [0.3, 0.4) is 0 Å². The third-order valence-electron chi connectivity index (χ3n) is 6.21. The minimum atomic E-state index is -0.108. The van der Waals surface area contributed by atoms with Crippen LogP contribution in [0.2, 0.25) is 0 Å². The molecule has 4 rings (SSSR count). The van der Waals surface area contributed by atoms with Gasteiger partial charge in [-0.2, -0.15) is 0 Å². The average molecular weight is 501 g/mol. The molecule has 0 aliphatic rings. The van der Waals surface area contributed by atoms with Crippen molar-refractivity contribution in [1.29, 1.82) is 0 Å². The number of pyridine rings is 2. The number of benzene rings is 2. The molecule has 8 nitrogen and oxygen atoms in total. The molecular formula is C29H32N4O4. The molecule has 1 amide bonds. The molecule has 0 radical (unpaired) electrons. The van der Waals surface area contributed by atoms with E-state index in [1.165, 1.54) is 0 Å². The highest BCUT2D eigenvalue weighted by atomic mass is 16.5. The summed E-state index contributed by atoms with van der Waals surface area (Å²) in [5.41, 5.74) is 2.61. The number of carbonyl (C=O) groups excluding carboxylic acids is 1. The van der Waals surface area contributed by atoms with Crippen LogP contribution in [-0.4, -0.2) is 53.7 Å². The van der Waals surface area contributed by atoms with Crippen LogP contribution < -0.4 is 20.3 Å². The Kier molecular flexibility index (Phi) is 8.89. The second-order valence-electron chi connectivity index (χ2n) is 8.77. The number of aromatic nitrogens is 2. The fraction of sp³-hybridized carbons (Fsp3) is 0.276. The normalized spacial score (nSPS) is 11.0. The van der Waals surface area contributed by atoms with Gasteiger partial charge in [0.1, 0.15) is 11.5 Å². The number of methoxy groups -OCH3 is 1. The first-order valence-corrected chi connectivity index (χ1v) is 12.3. The lowest BCUT2D eigenvalue weighted by atomic mass is 10.2. The summed E-state index contributed by atoms with van der Waals surface area (Å²) >= 11 is 0. The Morgan fingerprint density at radius 3 is 2.49 bits per heavy atom. The van der Waals surface area contributed by atoms with Crippen LogP contribution in [-0.2, 0) is 13.6 Å². The summed E-state index contributed by atoms with van der Waals surface area (Å²) in [5, 5.41) is 3.97. The molecule has 4 aromatic rings. The van der Waals surface area contributed by atoms with E-state index in [0.29, 0.717) is 25.3 Å². The molecule has 37 heavy (non-hydrogen) atoms. The lowest BCUT2D eigenvalue weighted by Crippen LogP contribution is -2.35. The summed E-state index contributed by atoms with van der Waals surface area (Å²) < 4.78 is 12.8. The topological polar surface area (TPSA) is 85.7 Å². The van der Waals surface area contributed by atoms with E-state index in [1.807, 2.05) is 36.4 Å². The predicted molar refractivity (Wildman–Crippen MR) is 144 cm³/mol. The largest absolute Gasteiger partial charge is 0.497 e. The Morgan fingerprint density at radius 1 is 0.973 bits per heavy atom. The van der Waals surface area contributed by atoms with Gasteiger partial charge in [-0.05, 0) is 72.6 Å². The van der Waals surface area contributed by atoms with Gasteiger partial charge >= 0.3 is 0 Å². The summed E-state index contributed by atoms with van der Waals surface area (Å²) in [6.45, 7) is 3.35. The van der Waals surface area contributed by atoms with Gasteiger partial charge in [0.2, 0.25) is 0 Å². The molecule has 1 N–H and O–H groups in total. The van der Waals surface area contributed by atoms with Gasteiger partial charge in [0.25, 0.3) is 11.5 Å². The molecule has 0 fully saturated rings. The zero-order valence-electron chi connectivity index (χ0n) is 21.2. The number of ether oxygens (including phenoxy) is 2. The molecule has 8 heteroatoms. The van der Waals surface area contributed by atoms with E-state index in [-0.39, 0.29) is 11.5 Å². The van der Waals surface area contributed by atoms with Crippen molar-refractivity contribution in [3.05, 3.63) is 101 Å². The van der Waals surface area contributed by atoms with Crippen LogP contribution in [0.15, 0.2) is 83.9 Å². The van der Waals surface area contributed by atoms with Gasteiger partial charge in [-0.25, -0.2) is 0 Å². The molecule has 2 aromatic carbocycles. The van der Waals surface area contributed by atoms with Crippen molar-refractivity contribution >= 4 is 16.8 Å². The van der Waals surface area contributed by atoms with Crippen LogP contribution in [0.5, 0.6) is 11.5 Å². The molecular weight excluding hydrogens is 468 g/mol. The van der Waals surface area contributed by atoms with Crippen molar-refractivity contribution in [3.63, 3.8) is 0 Å². The van der Waals surface area contributed by atoms with Crippen LogP contribution in [0.1, 0.15) is 22.3 Å². The third kappa shape index (κ3) is 7.17. The van der Waals surface area contributed by atoms with Gasteiger partial charge in [0.05, 0.1) is 19.2 Å². The van der Waals surface area contributed by atoms with Crippen LogP contribution in [0.4, 0.5) is 0 Å². The summed E-state index contributed by atoms with van der Waals surface area (Å²) in [6, 6.07) is 20.2. The maximum Gasteiger partial charge on any atom is 0.251 e. The molecule has 2 aromatic heterocycles. The Bertz CT molecular complexity index is 1370. The number of hydrogen-bond donors (Lipinski definition) is 1. The van der Waals surface area contributed by atoms with Gasteiger partial charge in [0, 0.05) is 62.6 Å². The van der Waals surface area contributed by atoms with Gasteiger partial charge in [0.15, 0.2) is 0 Å². The second-order valence-corrected chi connectivity index (χ2v) is 8.77. The SMILES string of the molecule is COc1ccc(C(=O)NCCN(CCCOc2ccc3c(ccc(=O)n3C)c2)Cc2ccncc2)cc1. The molecule has 0 unspecified atom stereocenters. The van der Waals surface area contributed by atoms with Crippen molar-refractivity contribution in [2.24, 2.45) is 7.05 Å². The lowest BCUT2D eigenvalue weighted by molar-refractivity contribution is 0.0947. The first-order valence-electron chi connectivity index (χ1n) is 12.3. The molecule has 0 bridgehead atoms. The van der Waals surface area contributed by atoms with E-state index in [9.17, 15) is 9.59 Å². The smallest absolute Gasteiger partial charge is 0.251 e. The van der Waals surface area contributed by atoms with E-state index in [1.54, 1.807) is 61.5 Å². The van der Waals surface area contributed by atoms with E-state index in [0.717, 1.165) is 47.5 Å². The van der Waals surface area contributed by atoms with E-state index in [4.69, 9.17) is 9.47 Å². The summed E-state index contributed by atoms with van der Waals surface area (Å²) in [7, 11) is 3.37. The van der Waals surface area contributed by atoms with Crippen molar-refractivity contribution in [1.82, 2.24) is 19.8 Å². The fourth-order valence-electron chi connectivity index (χ4n) is 4.12. The van der Waals surface area contributed by atoms with Gasteiger partial charge < -0.3 is 19.4 Å². The Balaban J connectivity index is 1.29. The van der Waals surface area contributed by atoms with Crippen molar-refractivity contribution in [2.45, 2.75) is 13.0 Å². The quantitative estimate of drug-likeness (QED) is 0.299. The minimum Gasteiger partial charge on any atom is -0.497 e. The Labute approximate surface area is 216 Å². The monoisotopic (exact) mass is 500 g/mol. The first kappa shape index (κ1) is 25.9. The minimum absolute atomic E-state index is 0.0318. The molecule has 0 saturated carbocycles. The number of amides is 1. The van der Waals surface area contributed by atoms with E-state index in [2.05, 4.69) is 15.2 Å². The Hall–Kier alpha value is -4.17. The average Bonchev–Trinajstić information content (AvgIpc) is 2.93. The van der Waals surface area contributed by atoms with E-state index < -0.39 is 0 Å². The van der Waals surface area contributed by atoms with Gasteiger partial charge in [-0.3, -0.25) is 19.5 Å². The highest BCUT2D eigenvalue weighted by Crippen LogP contribution is 2.19. The van der Waals surface area contributed by atoms with Crippen LogP contribution >= 0.6 is 0 Å². The predicted octanol–water partition coefficient (Wildman–Crippen LogP) is 3.64. The van der Waals surface area contributed by atoms with Gasteiger partial charge in [-0.1, -0.05) is 0 Å². The number of fused-ring (bicyclic) bond motifs is 1. The summed E-state index contributed by atoms with van der Waals surface area (Å²) in [6.07, 6.45) is 4.40. The van der Waals surface area contributed by atoms with Crippen molar-refractivity contribution in [2.75, 3.05) is 33.4 Å². The number of carbonyl (C=O) groups is 1. The summed E-state index contributed by atoms with van der Waals surface area (Å²) in [4.78, 5) is 30.7. The second kappa shape index (κ2) is 12.7. The number of hydrogen-bond acceptors (Lipinski definition) is 6. The zero-order chi connectivity index (χ0) is 26.0. The highest BCUT2D eigenvalue weighted by Gasteiger charge is 2.10. The molecule has 0 aliphatic heterocycles. The Morgan fingerprint density at radius 2 is 1.73 bits per heavy atom. The fourth-order valence-corrected chi connectivity index (χ4v) is 4.12. The van der Waals surface area contributed by atoms with Crippen molar-refractivity contribution < 1.29 is 14.3 Å². The molecule has 0 aliphatic carbocycles. The van der Waals surface area contributed by atoms with E-state index >= 15 is 0 Å². The zero-order valence-corrected chi connectivity index (χ0v) is 21.2. The summed E-state index contributed by atoms with van der Waals surface area (Å²) in [5.74, 6) is 1.39. The maximum absolute atomic E-state index is 12.5. The first-order chi connectivity index (χ1) is 18.0. The van der Waals surface area contributed by atoms with Gasteiger partial charge in [-0.15, -0.1) is 0 Å². The number of nitrogens with one attached hydrogen (secondary N) is 1. The number of nitrogens with zero attached hydrogens (tertiary/aromatic N) is 3. The molecule has 0 spiro atoms. The lowest BCUT2D eigenvalue weighted by Gasteiger charge is -2.23. The van der Waals surface area contributed by atoms with Crippen molar-refractivity contribution in [3.8, 4) is 11.5 Å². The van der Waals surface area contributed by atoms with Crippen LogP contribution in [0, 0.1) is 0 Å². The molecule has 192 valence electrons. The molecule has 2 heterocycles. The molecule has 0 atom stereocenters. The standard InChI is InChI=1S/C29H32N4O4/c1-32-27-10-9-26(20-24(27)6-11-28(32)34)37-19-3-17-33(21-22-12-14-30-15-13-22)18-16-31-29(35)23-4-7-25(36-2)8-5-23/h4-15,20H,3,16-19,21H2,1-2H3,(H,31,35). The number of rotatable bonds is 12. The maximum atomic E-state index is 12.5. The highest BCUT2D eigenvalue weighted by molar-refractivity contribution is 5.94. The third-order valence-corrected chi connectivity index (χ3v) is 6.21.